The molecular weight excluding hydrogens is 316 g/mol. The lowest BCUT2D eigenvalue weighted by Gasteiger charge is -2.06. The molecule has 0 aliphatic rings. The molecule has 0 bridgehead atoms. The zero-order valence-electron chi connectivity index (χ0n) is 11.4. The van der Waals surface area contributed by atoms with Gasteiger partial charge < -0.3 is 0 Å². The first kappa shape index (κ1) is 15.6. The number of benzene rings is 1. The maximum absolute atomic E-state index is 11.4. The maximum atomic E-state index is 11.4. The Hall–Kier alpha value is -1.78. The Bertz CT molecular complexity index is 867. The second-order valence-corrected chi connectivity index (χ2v) is 7.86. The Kier molecular flexibility index (Phi) is 3.87. The highest BCUT2D eigenvalue weighted by molar-refractivity contribution is 7.90. The minimum atomic E-state index is -3.97. The van der Waals surface area contributed by atoms with Gasteiger partial charge in [-0.25, -0.2) is 22.0 Å². The fourth-order valence-corrected chi connectivity index (χ4v) is 3.16. The summed E-state index contributed by atoms with van der Waals surface area (Å²) in [7, 11) is -7.26. The molecule has 0 amide bonds. The number of sulfone groups is 1. The van der Waals surface area contributed by atoms with Crippen LogP contribution in [0, 0.1) is 0 Å². The lowest BCUT2D eigenvalue weighted by Crippen LogP contribution is -2.18. The normalized spacial score (nSPS) is 12.5. The molecule has 2 N–H and O–H groups in total. The van der Waals surface area contributed by atoms with Crippen molar-refractivity contribution in [2.24, 2.45) is 5.14 Å². The molecule has 0 saturated carbocycles. The number of nitrogens with zero attached hydrogens (tertiary/aromatic N) is 3. The van der Waals surface area contributed by atoms with Crippen molar-refractivity contribution in [3.63, 3.8) is 0 Å². The molecule has 1 aromatic heterocycles. The first-order chi connectivity index (χ1) is 9.64. The van der Waals surface area contributed by atoms with E-state index in [1.54, 1.807) is 19.1 Å². The van der Waals surface area contributed by atoms with Crippen molar-refractivity contribution in [2.45, 2.75) is 23.5 Å². The molecule has 0 unspecified atom stereocenters. The second-order valence-electron chi connectivity index (χ2n) is 4.39. The van der Waals surface area contributed by atoms with Crippen LogP contribution in [0.1, 0.15) is 6.92 Å². The molecule has 0 radical (unpaired) electrons. The predicted molar refractivity (Wildman–Crippen MR) is 75.6 cm³/mol. The minimum Gasteiger partial charge on any atom is -0.297 e. The molecule has 2 aromatic rings. The van der Waals surface area contributed by atoms with E-state index in [9.17, 15) is 16.8 Å². The molecule has 0 spiro atoms. The first-order valence-electron chi connectivity index (χ1n) is 5.91. The van der Waals surface area contributed by atoms with Gasteiger partial charge in [0.15, 0.2) is 15.7 Å². The minimum absolute atomic E-state index is 0.167. The maximum Gasteiger partial charge on any atom is 0.273 e. The summed E-state index contributed by atoms with van der Waals surface area (Å²) in [6.45, 7) is 2.04. The molecule has 0 saturated heterocycles. The van der Waals surface area contributed by atoms with E-state index in [1.807, 2.05) is 0 Å². The van der Waals surface area contributed by atoms with Crippen molar-refractivity contribution in [3.05, 3.63) is 24.3 Å². The fraction of sp³-hybridized carbons (Fsp3) is 0.273. The molecule has 1 aromatic carbocycles. The Morgan fingerprint density at radius 2 is 1.67 bits per heavy atom. The van der Waals surface area contributed by atoms with Crippen LogP contribution in [0.3, 0.4) is 0 Å². The van der Waals surface area contributed by atoms with Crippen LogP contribution in [0.25, 0.3) is 11.4 Å². The van der Waals surface area contributed by atoms with E-state index in [2.05, 4.69) is 10.2 Å². The third kappa shape index (κ3) is 3.12. The number of hydrogen-bond acceptors (Lipinski definition) is 6. The van der Waals surface area contributed by atoms with Gasteiger partial charge in [-0.3, -0.25) is 4.57 Å². The van der Waals surface area contributed by atoms with Crippen molar-refractivity contribution in [3.8, 4) is 11.4 Å². The van der Waals surface area contributed by atoms with Crippen molar-refractivity contribution < 1.29 is 16.8 Å². The van der Waals surface area contributed by atoms with Crippen LogP contribution in [0.2, 0.25) is 0 Å². The number of aromatic nitrogens is 3. The monoisotopic (exact) mass is 330 g/mol. The summed E-state index contributed by atoms with van der Waals surface area (Å²) in [5.41, 5.74) is 0.548. The molecule has 10 heteroatoms. The van der Waals surface area contributed by atoms with Gasteiger partial charge in [-0.05, 0) is 31.2 Å². The Labute approximate surface area is 122 Å². The average Bonchev–Trinajstić information content (AvgIpc) is 2.81. The van der Waals surface area contributed by atoms with E-state index in [4.69, 9.17) is 5.14 Å². The summed E-state index contributed by atoms with van der Waals surface area (Å²) in [4.78, 5) is 0.167. The molecule has 21 heavy (non-hydrogen) atoms. The van der Waals surface area contributed by atoms with Crippen LogP contribution in [0.5, 0.6) is 0 Å². The summed E-state index contributed by atoms with van der Waals surface area (Å²) >= 11 is 0. The van der Waals surface area contributed by atoms with E-state index < -0.39 is 19.9 Å². The highest BCUT2D eigenvalue weighted by Crippen LogP contribution is 2.21. The summed E-state index contributed by atoms with van der Waals surface area (Å²) in [6, 6.07) is 5.94. The van der Waals surface area contributed by atoms with Crippen molar-refractivity contribution in [1.82, 2.24) is 14.8 Å². The standard InChI is InChI=1S/C11H14N4O4S2/c1-3-15-10(13-14-11(15)21(12,18)19)8-4-6-9(7-5-8)20(2,16)17/h4-7H,3H2,1-2H3,(H2,12,18,19). The van der Waals surface area contributed by atoms with E-state index in [-0.39, 0.29) is 10.1 Å². The zero-order chi connectivity index (χ0) is 15.8. The molecule has 1 heterocycles. The van der Waals surface area contributed by atoms with Crippen LogP contribution in [-0.2, 0) is 26.4 Å². The van der Waals surface area contributed by atoms with Gasteiger partial charge in [0.25, 0.3) is 15.2 Å². The Morgan fingerprint density at radius 1 is 1.10 bits per heavy atom. The highest BCUT2D eigenvalue weighted by atomic mass is 32.2. The van der Waals surface area contributed by atoms with Gasteiger partial charge in [-0.2, -0.15) is 0 Å². The highest BCUT2D eigenvalue weighted by Gasteiger charge is 2.21. The van der Waals surface area contributed by atoms with E-state index >= 15 is 0 Å². The van der Waals surface area contributed by atoms with Gasteiger partial charge in [-0.1, -0.05) is 0 Å². The van der Waals surface area contributed by atoms with Crippen LogP contribution in [-0.4, -0.2) is 37.9 Å². The molecule has 0 atom stereocenters. The topological polar surface area (TPSA) is 125 Å². The van der Waals surface area contributed by atoms with Gasteiger partial charge in [0.1, 0.15) is 0 Å². The average molecular weight is 330 g/mol. The van der Waals surface area contributed by atoms with Crippen molar-refractivity contribution in [2.75, 3.05) is 6.26 Å². The zero-order valence-corrected chi connectivity index (χ0v) is 13.0. The Balaban J connectivity index is 2.56. The largest absolute Gasteiger partial charge is 0.297 e. The number of sulfonamides is 1. The Morgan fingerprint density at radius 3 is 2.10 bits per heavy atom. The third-order valence-electron chi connectivity index (χ3n) is 2.83. The molecule has 2 rings (SSSR count). The lowest BCUT2D eigenvalue weighted by atomic mass is 10.2. The molecule has 0 aliphatic carbocycles. The molecule has 0 aliphatic heterocycles. The van der Waals surface area contributed by atoms with Crippen LogP contribution in [0.15, 0.2) is 34.3 Å². The van der Waals surface area contributed by atoms with Gasteiger partial charge in [0.05, 0.1) is 4.90 Å². The molecule has 114 valence electrons. The third-order valence-corrected chi connectivity index (χ3v) is 4.77. The van der Waals surface area contributed by atoms with Crippen LogP contribution in [0.4, 0.5) is 0 Å². The van der Waals surface area contributed by atoms with Gasteiger partial charge in [0.2, 0.25) is 0 Å². The molecule has 8 nitrogen and oxygen atoms in total. The summed E-state index contributed by atoms with van der Waals surface area (Å²) in [6.07, 6.45) is 1.11. The molecular formula is C11H14N4O4S2. The summed E-state index contributed by atoms with van der Waals surface area (Å²) < 4.78 is 47.0. The molecule has 0 fully saturated rings. The quantitative estimate of drug-likeness (QED) is 0.842. The number of primary sulfonamides is 1. The van der Waals surface area contributed by atoms with Crippen LogP contribution < -0.4 is 5.14 Å². The lowest BCUT2D eigenvalue weighted by molar-refractivity contribution is 0.571. The van der Waals surface area contributed by atoms with Gasteiger partial charge in [-0.15, -0.1) is 10.2 Å². The number of hydrogen-bond donors (Lipinski definition) is 1. The summed E-state index contributed by atoms with van der Waals surface area (Å²) in [5.74, 6) is 0.307. The summed E-state index contributed by atoms with van der Waals surface area (Å²) in [5, 5.41) is 12.2. The predicted octanol–water partition coefficient (Wildman–Crippen LogP) is 0.0159. The number of rotatable bonds is 4. The SMILES string of the molecule is CCn1c(-c2ccc(S(C)(=O)=O)cc2)nnc1S(N)(=O)=O. The van der Waals surface area contributed by atoms with Gasteiger partial charge in [0, 0.05) is 18.4 Å². The van der Waals surface area contributed by atoms with E-state index in [0.29, 0.717) is 17.9 Å². The smallest absolute Gasteiger partial charge is 0.273 e. The van der Waals surface area contributed by atoms with Crippen LogP contribution >= 0.6 is 0 Å². The van der Waals surface area contributed by atoms with Gasteiger partial charge >= 0.3 is 0 Å². The van der Waals surface area contributed by atoms with Crippen molar-refractivity contribution >= 4 is 19.9 Å². The van der Waals surface area contributed by atoms with E-state index in [0.717, 1.165) is 6.26 Å². The number of nitrogens with two attached hydrogens (primary N) is 1. The van der Waals surface area contributed by atoms with Crippen molar-refractivity contribution in [1.29, 1.82) is 0 Å². The first-order valence-corrected chi connectivity index (χ1v) is 9.35. The van der Waals surface area contributed by atoms with E-state index in [1.165, 1.54) is 16.7 Å². The fourth-order valence-electron chi connectivity index (χ4n) is 1.85. The second kappa shape index (κ2) is 5.20.